The Kier molecular flexibility index (Phi) is 6.99. The fourth-order valence-electron chi connectivity index (χ4n) is 2.07. The van der Waals surface area contributed by atoms with Gasteiger partial charge in [0, 0.05) is 10.7 Å². The second-order valence-electron chi connectivity index (χ2n) is 5.14. The molecule has 136 valence electrons. The lowest BCUT2D eigenvalue weighted by Crippen LogP contribution is -2.24. The van der Waals surface area contributed by atoms with Gasteiger partial charge in [0.2, 0.25) is 11.8 Å². The molecule has 2 aromatic rings. The quantitative estimate of drug-likeness (QED) is 0.442. The van der Waals surface area contributed by atoms with Gasteiger partial charge in [-0.3, -0.25) is 9.59 Å². The van der Waals surface area contributed by atoms with Crippen LogP contribution in [-0.2, 0) is 9.59 Å². The number of anilines is 1. The van der Waals surface area contributed by atoms with E-state index in [1.165, 1.54) is 13.3 Å². The fourth-order valence-corrected chi connectivity index (χ4v) is 2.26. The Balaban J connectivity index is 1.86. The number of benzene rings is 2. The summed E-state index contributed by atoms with van der Waals surface area (Å²) in [5.41, 5.74) is 3.51. The highest BCUT2D eigenvalue weighted by Gasteiger charge is 2.09. The molecule has 0 saturated carbocycles. The Morgan fingerprint density at radius 2 is 1.85 bits per heavy atom. The molecule has 0 aromatic heterocycles. The fraction of sp³-hybridized carbons (Fsp3) is 0.167. The van der Waals surface area contributed by atoms with Crippen LogP contribution in [0.3, 0.4) is 0 Å². The maximum absolute atomic E-state index is 11.8. The smallest absolute Gasteiger partial charge is 0.249 e. The lowest BCUT2D eigenvalue weighted by atomic mass is 10.2. The van der Waals surface area contributed by atoms with Gasteiger partial charge in [-0.1, -0.05) is 17.7 Å². The Labute approximate surface area is 155 Å². The first kappa shape index (κ1) is 19.3. The van der Waals surface area contributed by atoms with Crippen molar-refractivity contribution in [3.05, 3.63) is 53.1 Å². The number of hydrazone groups is 1. The van der Waals surface area contributed by atoms with Crippen molar-refractivity contribution >= 4 is 35.3 Å². The number of rotatable bonds is 7. The van der Waals surface area contributed by atoms with Gasteiger partial charge in [-0.15, -0.1) is 0 Å². The van der Waals surface area contributed by atoms with E-state index in [0.29, 0.717) is 27.8 Å². The third kappa shape index (κ3) is 5.78. The van der Waals surface area contributed by atoms with Crippen molar-refractivity contribution in [2.45, 2.75) is 6.42 Å². The van der Waals surface area contributed by atoms with Crippen LogP contribution in [0.1, 0.15) is 12.0 Å². The van der Waals surface area contributed by atoms with Gasteiger partial charge in [0.1, 0.15) is 6.42 Å². The van der Waals surface area contributed by atoms with Crippen molar-refractivity contribution in [1.29, 1.82) is 0 Å². The van der Waals surface area contributed by atoms with Gasteiger partial charge in [0.05, 0.1) is 20.4 Å². The molecule has 0 bridgehead atoms. The van der Waals surface area contributed by atoms with E-state index in [1.54, 1.807) is 49.6 Å². The minimum atomic E-state index is -0.541. The summed E-state index contributed by atoms with van der Waals surface area (Å²) in [4.78, 5) is 23.6. The first-order valence-corrected chi connectivity index (χ1v) is 7.99. The zero-order valence-electron chi connectivity index (χ0n) is 14.3. The second kappa shape index (κ2) is 9.43. The molecule has 2 amide bonds. The number of amides is 2. The number of methoxy groups -OCH3 is 2. The van der Waals surface area contributed by atoms with Gasteiger partial charge in [-0.05, 0) is 42.0 Å². The lowest BCUT2D eigenvalue weighted by molar-refractivity contribution is -0.126. The molecule has 0 aliphatic carbocycles. The highest BCUT2D eigenvalue weighted by molar-refractivity contribution is 6.30. The molecule has 0 fully saturated rings. The monoisotopic (exact) mass is 375 g/mol. The van der Waals surface area contributed by atoms with Gasteiger partial charge in [-0.25, -0.2) is 5.43 Å². The van der Waals surface area contributed by atoms with Crippen molar-refractivity contribution < 1.29 is 19.1 Å². The highest BCUT2D eigenvalue weighted by atomic mass is 35.5. The van der Waals surface area contributed by atoms with Crippen LogP contribution in [0.4, 0.5) is 5.69 Å². The van der Waals surface area contributed by atoms with Crippen LogP contribution < -0.4 is 20.2 Å². The van der Waals surface area contributed by atoms with Crippen molar-refractivity contribution in [1.82, 2.24) is 5.43 Å². The Morgan fingerprint density at radius 3 is 2.54 bits per heavy atom. The minimum absolute atomic E-state index is 0.365. The van der Waals surface area contributed by atoms with E-state index >= 15 is 0 Å². The lowest BCUT2D eigenvalue weighted by Gasteiger charge is -2.07. The zero-order valence-corrected chi connectivity index (χ0v) is 15.0. The molecule has 0 radical (unpaired) electrons. The summed E-state index contributed by atoms with van der Waals surface area (Å²) >= 11 is 5.83. The summed E-state index contributed by atoms with van der Waals surface area (Å²) < 4.78 is 10.3. The van der Waals surface area contributed by atoms with Crippen molar-refractivity contribution in [3.63, 3.8) is 0 Å². The molecule has 0 aliphatic heterocycles. The van der Waals surface area contributed by atoms with Gasteiger partial charge < -0.3 is 14.8 Å². The maximum atomic E-state index is 11.8. The second-order valence-corrected chi connectivity index (χ2v) is 5.58. The maximum Gasteiger partial charge on any atom is 0.249 e. The third-order valence-electron chi connectivity index (χ3n) is 3.24. The number of nitrogens with zero attached hydrogens (tertiary/aromatic N) is 1. The van der Waals surface area contributed by atoms with Crippen LogP contribution in [0.2, 0.25) is 5.02 Å². The normalized spacial score (nSPS) is 10.4. The van der Waals surface area contributed by atoms with Crippen molar-refractivity contribution in [2.24, 2.45) is 5.10 Å². The van der Waals surface area contributed by atoms with Crippen molar-refractivity contribution in [2.75, 3.05) is 19.5 Å². The summed E-state index contributed by atoms with van der Waals surface area (Å²) in [6.07, 6.45) is 1.07. The highest BCUT2D eigenvalue weighted by Crippen LogP contribution is 2.26. The number of carbonyl (C=O) groups excluding carboxylic acids is 2. The van der Waals surface area contributed by atoms with E-state index in [0.717, 1.165) is 0 Å². The SMILES string of the molecule is COc1ccc(C=NNC(=O)CC(=O)Nc2cccc(Cl)c2)cc1OC. The molecule has 2 aromatic carbocycles. The molecule has 2 N–H and O–H groups in total. The van der Waals surface area contributed by atoms with E-state index in [2.05, 4.69) is 15.8 Å². The Morgan fingerprint density at radius 1 is 1.08 bits per heavy atom. The van der Waals surface area contributed by atoms with Gasteiger partial charge in [0.15, 0.2) is 11.5 Å². The average Bonchev–Trinajstić information content (AvgIpc) is 2.61. The minimum Gasteiger partial charge on any atom is -0.493 e. The number of ether oxygens (including phenoxy) is 2. The summed E-state index contributed by atoms with van der Waals surface area (Å²) in [6, 6.07) is 11.8. The van der Waals surface area contributed by atoms with E-state index < -0.39 is 11.8 Å². The summed E-state index contributed by atoms with van der Waals surface area (Å²) in [7, 11) is 3.07. The number of hydrogen-bond acceptors (Lipinski definition) is 5. The standard InChI is InChI=1S/C18H18ClN3O4/c1-25-15-7-6-12(8-16(15)26-2)11-20-22-18(24)10-17(23)21-14-5-3-4-13(19)9-14/h3-9,11H,10H2,1-2H3,(H,21,23)(H,22,24). The molecular weight excluding hydrogens is 358 g/mol. The largest absolute Gasteiger partial charge is 0.493 e. The summed E-state index contributed by atoms with van der Waals surface area (Å²) in [5.74, 6) is 0.127. The van der Waals surface area contributed by atoms with Crippen LogP contribution in [0.25, 0.3) is 0 Å². The first-order valence-electron chi connectivity index (χ1n) is 7.61. The topological polar surface area (TPSA) is 89.0 Å². The van der Waals surface area contributed by atoms with E-state index in [1.807, 2.05) is 0 Å². The molecule has 0 heterocycles. The third-order valence-corrected chi connectivity index (χ3v) is 3.48. The number of carbonyl (C=O) groups is 2. The molecule has 0 spiro atoms. The molecule has 26 heavy (non-hydrogen) atoms. The Hall–Kier alpha value is -3.06. The van der Waals surface area contributed by atoms with E-state index in [4.69, 9.17) is 21.1 Å². The zero-order chi connectivity index (χ0) is 18.9. The Bertz CT molecular complexity index is 824. The number of halogens is 1. The van der Waals surface area contributed by atoms with E-state index in [-0.39, 0.29) is 6.42 Å². The van der Waals surface area contributed by atoms with Crippen LogP contribution in [0.5, 0.6) is 11.5 Å². The predicted octanol–water partition coefficient (Wildman–Crippen LogP) is 2.84. The van der Waals surface area contributed by atoms with Crippen LogP contribution in [-0.4, -0.2) is 32.2 Å². The number of nitrogens with one attached hydrogen (secondary N) is 2. The first-order chi connectivity index (χ1) is 12.5. The summed E-state index contributed by atoms with van der Waals surface area (Å²) in [6.45, 7) is 0. The average molecular weight is 376 g/mol. The van der Waals surface area contributed by atoms with Crippen molar-refractivity contribution in [3.8, 4) is 11.5 Å². The number of hydrogen-bond donors (Lipinski definition) is 2. The van der Waals surface area contributed by atoms with E-state index in [9.17, 15) is 9.59 Å². The molecule has 7 nitrogen and oxygen atoms in total. The summed E-state index contributed by atoms with van der Waals surface area (Å²) in [5, 5.41) is 6.90. The van der Waals surface area contributed by atoms with Gasteiger partial charge >= 0.3 is 0 Å². The van der Waals surface area contributed by atoms with Gasteiger partial charge in [-0.2, -0.15) is 5.10 Å². The molecule has 8 heteroatoms. The molecule has 2 rings (SSSR count). The van der Waals surface area contributed by atoms with Crippen LogP contribution in [0.15, 0.2) is 47.6 Å². The molecule has 0 aliphatic rings. The van der Waals surface area contributed by atoms with Crippen LogP contribution in [0, 0.1) is 0 Å². The molecular formula is C18H18ClN3O4. The van der Waals surface area contributed by atoms with Crippen LogP contribution >= 0.6 is 11.6 Å². The molecule has 0 atom stereocenters. The molecule has 0 saturated heterocycles. The van der Waals surface area contributed by atoms with Gasteiger partial charge in [0.25, 0.3) is 0 Å². The molecule has 0 unspecified atom stereocenters. The predicted molar refractivity (Wildman–Crippen MR) is 100.0 cm³/mol.